The molecule has 0 atom stereocenters. The zero-order valence-electron chi connectivity index (χ0n) is 9.98. The van der Waals surface area contributed by atoms with Gasteiger partial charge < -0.3 is 5.11 Å². The molecule has 3 heteroatoms. The maximum absolute atomic E-state index is 9.47. The molecule has 1 saturated heterocycles. The number of aliphatic hydroxyl groups is 1. The first-order chi connectivity index (χ1) is 7.78. The van der Waals surface area contributed by atoms with Gasteiger partial charge in [-0.3, -0.25) is 4.90 Å². The van der Waals surface area contributed by atoms with Crippen LogP contribution in [0.5, 0.6) is 0 Å². The zero-order chi connectivity index (χ0) is 11.4. The zero-order valence-corrected chi connectivity index (χ0v) is 10.8. The Morgan fingerprint density at radius 2 is 2.19 bits per heavy atom. The second-order valence-electron chi connectivity index (χ2n) is 4.87. The highest BCUT2D eigenvalue weighted by Crippen LogP contribution is 2.34. The van der Waals surface area contributed by atoms with Gasteiger partial charge in [0.25, 0.3) is 0 Å². The lowest BCUT2D eigenvalue weighted by Crippen LogP contribution is -2.41. The average Bonchev–Trinajstić information content (AvgIpc) is 2.83. The van der Waals surface area contributed by atoms with E-state index in [1.54, 1.807) is 0 Å². The summed E-state index contributed by atoms with van der Waals surface area (Å²) in [5.41, 5.74) is 0.214. The van der Waals surface area contributed by atoms with Crippen LogP contribution in [0.2, 0.25) is 0 Å². The first-order valence-corrected chi connectivity index (χ1v) is 7.01. The maximum atomic E-state index is 9.47. The number of thiophene rings is 1. The van der Waals surface area contributed by atoms with Crippen LogP contribution in [0.1, 0.15) is 31.1 Å². The normalized spacial score (nSPS) is 21.1. The molecule has 2 nitrogen and oxygen atoms in total. The fraction of sp³-hybridized carbons (Fsp3) is 0.692. The Bertz CT molecular complexity index is 296. The van der Waals surface area contributed by atoms with E-state index in [1.807, 2.05) is 11.3 Å². The highest BCUT2D eigenvalue weighted by atomic mass is 32.1. The van der Waals surface area contributed by atoms with Gasteiger partial charge in [0, 0.05) is 18.0 Å². The van der Waals surface area contributed by atoms with Crippen molar-refractivity contribution in [3.8, 4) is 0 Å². The number of piperidine rings is 1. The maximum Gasteiger partial charge on any atom is 0.0488 e. The van der Waals surface area contributed by atoms with Crippen molar-refractivity contribution in [2.45, 2.75) is 32.7 Å². The number of aliphatic hydroxyl groups excluding tert-OH is 1. The van der Waals surface area contributed by atoms with Crippen LogP contribution in [0, 0.1) is 5.41 Å². The average molecular weight is 239 g/mol. The number of nitrogens with zero attached hydrogens (tertiary/aromatic N) is 1. The summed E-state index contributed by atoms with van der Waals surface area (Å²) >= 11 is 1.84. The second kappa shape index (κ2) is 5.30. The molecule has 0 saturated carbocycles. The molecule has 0 amide bonds. The van der Waals surface area contributed by atoms with E-state index in [0.717, 1.165) is 38.9 Å². The van der Waals surface area contributed by atoms with Gasteiger partial charge in [-0.1, -0.05) is 13.0 Å². The quantitative estimate of drug-likeness (QED) is 0.873. The Hall–Kier alpha value is -0.380. The largest absolute Gasteiger partial charge is 0.396 e. The molecule has 16 heavy (non-hydrogen) atoms. The molecule has 0 radical (unpaired) electrons. The van der Waals surface area contributed by atoms with E-state index in [9.17, 15) is 5.11 Å². The Labute approximate surface area is 102 Å². The van der Waals surface area contributed by atoms with Gasteiger partial charge in [0.15, 0.2) is 0 Å². The second-order valence-corrected chi connectivity index (χ2v) is 5.90. The predicted molar refractivity (Wildman–Crippen MR) is 68.6 cm³/mol. The first-order valence-electron chi connectivity index (χ1n) is 6.13. The van der Waals surface area contributed by atoms with Crippen molar-refractivity contribution in [2.24, 2.45) is 5.41 Å². The van der Waals surface area contributed by atoms with Crippen LogP contribution in [-0.4, -0.2) is 29.7 Å². The van der Waals surface area contributed by atoms with Gasteiger partial charge in [0.1, 0.15) is 0 Å². The highest BCUT2D eigenvalue weighted by molar-refractivity contribution is 7.09. The third-order valence-electron chi connectivity index (χ3n) is 3.96. The van der Waals surface area contributed by atoms with Gasteiger partial charge in [-0.15, -0.1) is 11.3 Å². The minimum atomic E-state index is 0.214. The SMILES string of the molecule is CCC1(CO)CCN(Cc2cccs2)CC1. The van der Waals surface area contributed by atoms with Crippen molar-refractivity contribution >= 4 is 11.3 Å². The third-order valence-corrected chi connectivity index (χ3v) is 4.82. The van der Waals surface area contributed by atoms with Crippen molar-refractivity contribution in [3.63, 3.8) is 0 Å². The van der Waals surface area contributed by atoms with E-state index in [0.29, 0.717) is 6.61 Å². The molecular formula is C13H21NOS. The molecule has 0 bridgehead atoms. The van der Waals surface area contributed by atoms with Crippen molar-refractivity contribution in [1.29, 1.82) is 0 Å². The van der Waals surface area contributed by atoms with Gasteiger partial charge in [-0.05, 0) is 49.2 Å². The molecule has 0 aliphatic carbocycles. The summed E-state index contributed by atoms with van der Waals surface area (Å²) in [4.78, 5) is 3.96. The van der Waals surface area contributed by atoms with E-state index >= 15 is 0 Å². The summed E-state index contributed by atoms with van der Waals surface area (Å²) in [6, 6.07) is 4.33. The van der Waals surface area contributed by atoms with E-state index < -0.39 is 0 Å². The van der Waals surface area contributed by atoms with Crippen LogP contribution in [0.3, 0.4) is 0 Å². The third kappa shape index (κ3) is 2.65. The Morgan fingerprint density at radius 3 is 2.69 bits per heavy atom. The molecule has 1 aromatic rings. The minimum absolute atomic E-state index is 0.214. The summed E-state index contributed by atoms with van der Waals surface area (Å²) in [6.45, 7) is 5.91. The molecule has 0 unspecified atom stereocenters. The topological polar surface area (TPSA) is 23.5 Å². The molecule has 1 aliphatic rings. The van der Waals surface area contributed by atoms with Crippen molar-refractivity contribution < 1.29 is 5.11 Å². The first kappa shape index (κ1) is 12.1. The Kier molecular flexibility index (Phi) is 4.00. The van der Waals surface area contributed by atoms with Crippen molar-refractivity contribution in [3.05, 3.63) is 22.4 Å². The smallest absolute Gasteiger partial charge is 0.0488 e. The lowest BCUT2D eigenvalue weighted by atomic mass is 9.77. The van der Waals surface area contributed by atoms with Crippen LogP contribution in [-0.2, 0) is 6.54 Å². The van der Waals surface area contributed by atoms with E-state index in [4.69, 9.17) is 0 Å². The summed E-state index contributed by atoms with van der Waals surface area (Å²) in [5, 5.41) is 11.6. The van der Waals surface area contributed by atoms with Crippen molar-refractivity contribution in [2.75, 3.05) is 19.7 Å². The van der Waals surface area contributed by atoms with Crippen molar-refractivity contribution in [1.82, 2.24) is 4.90 Å². The molecule has 1 aliphatic heterocycles. The molecule has 1 N–H and O–H groups in total. The summed E-state index contributed by atoms with van der Waals surface area (Å²) < 4.78 is 0. The monoisotopic (exact) mass is 239 g/mol. The fourth-order valence-electron chi connectivity index (χ4n) is 2.43. The minimum Gasteiger partial charge on any atom is -0.396 e. The lowest BCUT2D eigenvalue weighted by Gasteiger charge is -2.40. The predicted octanol–water partition coefficient (Wildman–Crippen LogP) is 2.73. The molecular weight excluding hydrogens is 218 g/mol. The fourth-order valence-corrected chi connectivity index (χ4v) is 3.18. The van der Waals surface area contributed by atoms with Crippen LogP contribution >= 0.6 is 11.3 Å². The Morgan fingerprint density at radius 1 is 1.44 bits per heavy atom. The number of rotatable bonds is 4. The van der Waals surface area contributed by atoms with Gasteiger partial charge >= 0.3 is 0 Å². The van der Waals surface area contributed by atoms with E-state index in [2.05, 4.69) is 29.3 Å². The van der Waals surface area contributed by atoms with Gasteiger partial charge in [0.2, 0.25) is 0 Å². The molecule has 0 spiro atoms. The van der Waals surface area contributed by atoms with Gasteiger partial charge in [-0.25, -0.2) is 0 Å². The standard InChI is InChI=1S/C13H21NOS/c1-2-13(11-15)5-7-14(8-6-13)10-12-4-3-9-16-12/h3-4,9,15H,2,5-8,10-11H2,1H3. The van der Waals surface area contributed by atoms with E-state index in [-0.39, 0.29) is 5.41 Å². The number of hydrogen-bond acceptors (Lipinski definition) is 3. The van der Waals surface area contributed by atoms with Crippen LogP contribution in [0.25, 0.3) is 0 Å². The summed E-state index contributed by atoms with van der Waals surface area (Å²) in [7, 11) is 0. The summed E-state index contributed by atoms with van der Waals surface area (Å²) in [6.07, 6.45) is 3.40. The summed E-state index contributed by atoms with van der Waals surface area (Å²) in [5.74, 6) is 0. The molecule has 1 aromatic heterocycles. The highest BCUT2D eigenvalue weighted by Gasteiger charge is 2.32. The van der Waals surface area contributed by atoms with Gasteiger partial charge in [0.05, 0.1) is 0 Å². The molecule has 2 rings (SSSR count). The van der Waals surface area contributed by atoms with Crippen LogP contribution < -0.4 is 0 Å². The number of likely N-dealkylation sites (tertiary alicyclic amines) is 1. The van der Waals surface area contributed by atoms with Crippen LogP contribution in [0.15, 0.2) is 17.5 Å². The Balaban J connectivity index is 1.85. The van der Waals surface area contributed by atoms with E-state index in [1.165, 1.54) is 4.88 Å². The van der Waals surface area contributed by atoms with Gasteiger partial charge in [-0.2, -0.15) is 0 Å². The molecule has 90 valence electrons. The van der Waals surface area contributed by atoms with Crippen LogP contribution in [0.4, 0.5) is 0 Å². The molecule has 0 aromatic carbocycles. The molecule has 1 fully saturated rings. The lowest BCUT2D eigenvalue weighted by molar-refractivity contribution is 0.0386. The number of hydrogen-bond donors (Lipinski definition) is 1. The molecule has 2 heterocycles.